The number of hydrogen-bond donors (Lipinski definition) is 1. The summed E-state index contributed by atoms with van der Waals surface area (Å²) in [6, 6.07) is 8.66. The van der Waals surface area contributed by atoms with Crippen molar-refractivity contribution in [3.63, 3.8) is 0 Å². The molecule has 2 aliphatic heterocycles. The second-order valence-corrected chi connectivity index (χ2v) is 12.3. The number of anilines is 1. The Balaban J connectivity index is 0.00000228. The lowest BCUT2D eigenvalue weighted by Crippen LogP contribution is -2.53. The summed E-state index contributed by atoms with van der Waals surface area (Å²) in [5.74, 6) is 3.21. The maximum Gasteiger partial charge on any atom is 0.147 e. The van der Waals surface area contributed by atoms with Gasteiger partial charge in [0.15, 0.2) is 0 Å². The molecule has 1 aromatic carbocycles. The highest BCUT2D eigenvalue weighted by atomic mass is 35.5. The molecule has 1 N–H and O–H groups in total. The van der Waals surface area contributed by atoms with Crippen LogP contribution in [0.1, 0.15) is 69.8 Å². The highest BCUT2D eigenvalue weighted by Crippen LogP contribution is 2.61. The molecule has 182 valence electrons. The zero-order chi connectivity index (χ0) is 21.8. The first-order chi connectivity index (χ1) is 15.5. The van der Waals surface area contributed by atoms with E-state index in [2.05, 4.69) is 34.1 Å². The van der Waals surface area contributed by atoms with Gasteiger partial charge in [-0.05, 0) is 99.0 Å². The number of hydrogen-bond acceptors (Lipinski definition) is 4. The highest BCUT2D eigenvalue weighted by molar-refractivity contribution is 5.85. The summed E-state index contributed by atoms with van der Waals surface area (Å²) in [4.78, 5) is 17.8. The molecule has 0 radical (unpaired) electrons. The zero-order valence-corrected chi connectivity index (χ0v) is 20.8. The molecule has 1 aromatic rings. The lowest BCUT2D eigenvalue weighted by Gasteiger charge is -2.56. The Morgan fingerprint density at radius 1 is 0.970 bits per heavy atom. The highest BCUT2D eigenvalue weighted by Gasteiger charge is 2.51. The normalized spacial score (nSPS) is 34.6. The van der Waals surface area contributed by atoms with Gasteiger partial charge in [-0.15, -0.1) is 12.4 Å². The van der Waals surface area contributed by atoms with Crippen LogP contribution in [0.2, 0.25) is 0 Å². The number of nitrogens with zero attached hydrogens (tertiary/aromatic N) is 2. The van der Waals surface area contributed by atoms with Gasteiger partial charge in [-0.1, -0.05) is 18.2 Å². The molecule has 4 saturated carbocycles. The standard InChI is InChI=1S/C28H40N2O2.ClH/c31-25(18-27-15-21-12-22(16-27)14-23(13-21)17-27)19-29-10-7-28(32,8-11-29)20-30-9-3-5-24-4-1-2-6-26(24)30;/h1-2,4,6,21-23,32H,3,5,7-20H2;1H. The first-order valence-electron chi connectivity index (χ1n) is 13.3. The minimum atomic E-state index is -0.635. The quantitative estimate of drug-likeness (QED) is 0.641. The fraction of sp³-hybridized carbons (Fsp3) is 0.750. The summed E-state index contributed by atoms with van der Waals surface area (Å²) in [6.45, 7) is 4.05. The van der Waals surface area contributed by atoms with E-state index in [1.807, 2.05) is 0 Å². The Kier molecular flexibility index (Phi) is 6.56. The number of benzene rings is 1. The SMILES string of the molecule is Cl.O=C(CN1CCC(O)(CN2CCCc3ccccc32)CC1)CC12CC3CC(CC(C3)C1)C2. The molecule has 7 rings (SSSR count). The summed E-state index contributed by atoms with van der Waals surface area (Å²) in [5, 5.41) is 11.4. The molecule has 0 unspecified atom stereocenters. The fourth-order valence-electron chi connectivity index (χ4n) is 8.65. The van der Waals surface area contributed by atoms with Gasteiger partial charge in [-0.2, -0.15) is 0 Å². The van der Waals surface area contributed by atoms with Crippen LogP contribution in [-0.4, -0.2) is 54.1 Å². The maximum atomic E-state index is 13.1. The number of Topliss-reactive ketones (excluding diaryl/α,β-unsaturated/α-hetero) is 1. The maximum absolute atomic E-state index is 13.1. The molecule has 2 heterocycles. The van der Waals surface area contributed by atoms with Gasteiger partial charge < -0.3 is 10.0 Å². The Morgan fingerprint density at radius 2 is 1.61 bits per heavy atom. The van der Waals surface area contributed by atoms with E-state index in [1.54, 1.807) is 0 Å². The van der Waals surface area contributed by atoms with Crippen molar-refractivity contribution >= 4 is 23.9 Å². The van der Waals surface area contributed by atoms with Crippen molar-refractivity contribution in [2.75, 3.05) is 37.6 Å². The molecule has 5 fully saturated rings. The van der Waals surface area contributed by atoms with Crippen LogP contribution in [0.5, 0.6) is 0 Å². The van der Waals surface area contributed by atoms with Gasteiger partial charge in [-0.3, -0.25) is 9.69 Å². The Hall–Kier alpha value is -1.10. The molecule has 1 saturated heterocycles. The van der Waals surface area contributed by atoms with Crippen molar-refractivity contribution in [3.05, 3.63) is 29.8 Å². The van der Waals surface area contributed by atoms with Crippen molar-refractivity contribution in [3.8, 4) is 0 Å². The van der Waals surface area contributed by atoms with E-state index in [9.17, 15) is 9.90 Å². The van der Waals surface area contributed by atoms with Crippen molar-refractivity contribution in [1.29, 1.82) is 0 Å². The van der Waals surface area contributed by atoms with E-state index >= 15 is 0 Å². The number of halogens is 1. The molecule has 0 atom stereocenters. The lowest BCUT2D eigenvalue weighted by atomic mass is 9.48. The van der Waals surface area contributed by atoms with Crippen molar-refractivity contribution in [2.45, 2.75) is 76.2 Å². The Labute approximate surface area is 205 Å². The number of para-hydroxylation sites is 1. The molecule has 5 heteroatoms. The van der Waals surface area contributed by atoms with Crippen LogP contribution in [0.4, 0.5) is 5.69 Å². The van der Waals surface area contributed by atoms with E-state index in [1.165, 1.54) is 49.8 Å². The van der Waals surface area contributed by atoms with Gasteiger partial charge in [0, 0.05) is 38.3 Å². The summed E-state index contributed by atoms with van der Waals surface area (Å²) in [7, 11) is 0. The summed E-state index contributed by atoms with van der Waals surface area (Å²) in [5.41, 5.74) is 2.43. The van der Waals surface area contributed by atoms with Crippen LogP contribution in [0.3, 0.4) is 0 Å². The van der Waals surface area contributed by atoms with Crippen LogP contribution < -0.4 is 4.90 Å². The minimum absolute atomic E-state index is 0. The topological polar surface area (TPSA) is 43.8 Å². The zero-order valence-electron chi connectivity index (χ0n) is 20.0. The number of carbonyl (C=O) groups excluding carboxylic acids is 1. The number of ketones is 1. The van der Waals surface area contributed by atoms with Crippen LogP contribution in [0.15, 0.2) is 24.3 Å². The number of aliphatic hydroxyl groups is 1. The number of fused-ring (bicyclic) bond motifs is 1. The molecular weight excluding hydrogens is 432 g/mol. The van der Waals surface area contributed by atoms with Crippen molar-refractivity contribution in [1.82, 2.24) is 4.90 Å². The molecule has 4 aliphatic carbocycles. The smallest absolute Gasteiger partial charge is 0.147 e. The monoisotopic (exact) mass is 472 g/mol. The predicted molar refractivity (Wildman–Crippen MR) is 135 cm³/mol. The van der Waals surface area contributed by atoms with Gasteiger partial charge in [0.05, 0.1) is 12.1 Å². The van der Waals surface area contributed by atoms with Gasteiger partial charge in [-0.25, -0.2) is 0 Å². The third-order valence-corrected chi connectivity index (χ3v) is 9.62. The van der Waals surface area contributed by atoms with Gasteiger partial charge in [0.25, 0.3) is 0 Å². The van der Waals surface area contributed by atoms with Gasteiger partial charge in [0.2, 0.25) is 0 Å². The summed E-state index contributed by atoms with van der Waals surface area (Å²) in [6.07, 6.45) is 13.0. The fourth-order valence-corrected chi connectivity index (χ4v) is 8.65. The molecule has 4 bridgehead atoms. The van der Waals surface area contributed by atoms with E-state index < -0.39 is 5.60 Å². The number of likely N-dealkylation sites (tertiary alicyclic amines) is 1. The molecule has 0 aromatic heterocycles. The molecular formula is C28H41ClN2O2. The average Bonchev–Trinajstić information content (AvgIpc) is 2.74. The first kappa shape index (κ1) is 23.6. The van der Waals surface area contributed by atoms with Crippen LogP contribution in [0, 0.1) is 23.2 Å². The van der Waals surface area contributed by atoms with Crippen molar-refractivity contribution in [2.24, 2.45) is 23.2 Å². The first-order valence-corrected chi connectivity index (χ1v) is 13.3. The molecule has 6 aliphatic rings. The number of β-amino-alcohol motifs (C(OH)–C–C–N with tert-alkyl or cyclic N) is 1. The van der Waals surface area contributed by atoms with E-state index in [0.717, 1.165) is 76.0 Å². The largest absolute Gasteiger partial charge is 0.388 e. The van der Waals surface area contributed by atoms with Crippen LogP contribution in [0.25, 0.3) is 0 Å². The molecule has 33 heavy (non-hydrogen) atoms. The summed E-state index contributed by atoms with van der Waals surface area (Å²) >= 11 is 0. The van der Waals surface area contributed by atoms with E-state index in [4.69, 9.17) is 0 Å². The van der Waals surface area contributed by atoms with Crippen molar-refractivity contribution < 1.29 is 9.90 Å². The van der Waals surface area contributed by atoms with E-state index in [0.29, 0.717) is 17.7 Å². The second-order valence-electron chi connectivity index (χ2n) is 12.3. The van der Waals surface area contributed by atoms with E-state index in [-0.39, 0.29) is 12.4 Å². The third kappa shape index (κ3) is 4.86. The predicted octanol–water partition coefficient (Wildman–Crippen LogP) is 4.86. The van der Waals surface area contributed by atoms with Gasteiger partial charge >= 0.3 is 0 Å². The number of rotatable bonds is 6. The molecule has 0 amide bonds. The van der Waals surface area contributed by atoms with Crippen LogP contribution in [-0.2, 0) is 11.2 Å². The van der Waals surface area contributed by atoms with Gasteiger partial charge in [0.1, 0.15) is 5.78 Å². The minimum Gasteiger partial charge on any atom is -0.388 e. The Morgan fingerprint density at radius 3 is 2.27 bits per heavy atom. The number of aryl methyl sites for hydroxylation is 1. The number of piperidine rings is 1. The second kappa shape index (κ2) is 9.17. The number of carbonyl (C=O) groups is 1. The lowest BCUT2D eigenvalue weighted by molar-refractivity contribution is -0.129. The molecule has 4 nitrogen and oxygen atoms in total. The summed E-state index contributed by atoms with van der Waals surface area (Å²) < 4.78 is 0. The third-order valence-electron chi connectivity index (χ3n) is 9.62. The molecule has 0 spiro atoms. The van der Waals surface area contributed by atoms with Crippen LogP contribution >= 0.6 is 12.4 Å². The average molecular weight is 473 g/mol. The Bertz CT molecular complexity index is 828.